The van der Waals surface area contributed by atoms with Gasteiger partial charge in [0.25, 0.3) is 0 Å². The fourth-order valence-corrected chi connectivity index (χ4v) is 6.11. The third-order valence-corrected chi connectivity index (χ3v) is 8.96. The number of halogens is 1. The average Bonchev–Trinajstić information content (AvgIpc) is 3.34. The van der Waals surface area contributed by atoms with E-state index in [-0.39, 0.29) is 29.8 Å². The second kappa shape index (κ2) is 12.7. The Hall–Kier alpha value is -2.67. The van der Waals surface area contributed by atoms with Crippen LogP contribution in [-0.4, -0.2) is 69.3 Å². The minimum absolute atomic E-state index is 0.113. The number of methoxy groups -OCH3 is 1. The molecule has 212 valence electrons. The fraction of sp³-hybridized carbons (Fsp3) is 0.577. The molecule has 39 heavy (non-hydrogen) atoms. The normalized spacial score (nSPS) is 18.6. The van der Waals surface area contributed by atoms with Gasteiger partial charge in [-0.2, -0.15) is 0 Å². The molecule has 0 aliphatic carbocycles. The molecule has 0 radical (unpaired) electrons. The Morgan fingerprint density at radius 2 is 1.87 bits per heavy atom. The Labute approximate surface area is 234 Å². The molecule has 13 heteroatoms. The van der Waals surface area contributed by atoms with Gasteiger partial charge in [-0.15, -0.1) is 10.2 Å². The summed E-state index contributed by atoms with van der Waals surface area (Å²) >= 11 is 5.96. The van der Waals surface area contributed by atoms with E-state index in [2.05, 4.69) is 25.1 Å². The highest BCUT2D eigenvalue weighted by Crippen LogP contribution is 2.32. The SMILES string of the molecule is COc1cccc(-c2nnc(CS(=O)(=O)[C@@H](C)[C@H](OC(C)C)c3ncc(Cl)cn3)n2[C@H](C)[C@@H]2CCCCO2)n1. The Bertz CT molecular complexity index is 1350. The van der Waals surface area contributed by atoms with Crippen LogP contribution in [0.3, 0.4) is 0 Å². The summed E-state index contributed by atoms with van der Waals surface area (Å²) < 4.78 is 46.9. The second-order valence-electron chi connectivity index (χ2n) is 9.90. The molecule has 4 heterocycles. The van der Waals surface area contributed by atoms with Crippen molar-refractivity contribution in [3.63, 3.8) is 0 Å². The van der Waals surface area contributed by atoms with Crippen molar-refractivity contribution < 1.29 is 22.6 Å². The van der Waals surface area contributed by atoms with Crippen LogP contribution in [-0.2, 0) is 25.1 Å². The largest absolute Gasteiger partial charge is 0.481 e. The maximum atomic E-state index is 13.9. The van der Waals surface area contributed by atoms with Crippen molar-refractivity contribution in [1.29, 1.82) is 0 Å². The van der Waals surface area contributed by atoms with E-state index in [1.54, 1.807) is 25.1 Å². The first-order valence-corrected chi connectivity index (χ1v) is 15.1. The monoisotopic (exact) mass is 578 g/mol. The van der Waals surface area contributed by atoms with Gasteiger partial charge in [-0.25, -0.2) is 23.4 Å². The molecule has 3 aromatic heterocycles. The van der Waals surface area contributed by atoms with Gasteiger partial charge in [0.1, 0.15) is 23.4 Å². The van der Waals surface area contributed by atoms with Crippen LogP contribution in [0.15, 0.2) is 30.6 Å². The quantitative estimate of drug-likeness (QED) is 0.322. The molecule has 11 nitrogen and oxygen atoms in total. The lowest BCUT2D eigenvalue weighted by molar-refractivity contribution is -0.0125. The molecule has 0 aromatic carbocycles. The van der Waals surface area contributed by atoms with Crippen LogP contribution in [0.4, 0.5) is 0 Å². The summed E-state index contributed by atoms with van der Waals surface area (Å²) in [4.78, 5) is 13.0. The molecule has 0 N–H and O–H groups in total. The molecule has 0 amide bonds. The van der Waals surface area contributed by atoms with Gasteiger partial charge in [0.15, 0.2) is 21.5 Å². The number of pyridine rings is 1. The number of rotatable bonds is 11. The summed E-state index contributed by atoms with van der Waals surface area (Å²) in [5, 5.41) is 8.10. The molecule has 0 bridgehead atoms. The van der Waals surface area contributed by atoms with Crippen molar-refractivity contribution in [2.75, 3.05) is 13.7 Å². The predicted octanol–water partition coefficient (Wildman–Crippen LogP) is 4.39. The third kappa shape index (κ3) is 6.92. The molecule has 0 saturated carbocycles. The number of hydrogen-bond acceptors (Lipinski definition) is 10. The summed E-state index contributed by atoms with van der Waals surface area (Å²) in [7, 11) is -2.30. The van der Waals surface area contributed by atoms with E-state index < -0.39 is 21.2 Å². The molecule has 1 saturated heterocycles. The van der Waals surface area contributed by atoms with Gasteiger partial charge in [0, 0.05) is 25.1 Å². The third-order valence-electron chi connectivity index (χ3n) is 6.73. The lowest BCUT2D eigenvalue weighted by atomic mass is 10.0. The van der Waals surface area contributed by atoms with Crippen LogP contribution in [0.1, 0.15) is 70.8 Å². The van der Waals surface area contributed by atoms with Crippen molar-refractivity contribution in [2.45, 2.75) is 82.3 Å². The molecule has 1 fully saturated rings. The van der Waals surface area contributed by atoms with Crippen LogP contribution < -0.4 is 4.74 Å². The summed E-state index contributed by atoms with van der Waals surface area (Å²) in [5.74, 6) is 1.04. The molecule has 4 rings (SSSR count). The van der Waals surface area contributed by atoms with Crippen molar-refractivity contribution >= 4 is 21.4 Å². The van der Waals surface area contributed by atoms with E-state index in [9.17, 15) is 8.42 Å². The first kappa shape index (κ1) is 29.3. The fourth-order valence-electron chi connectivity index (χ4n) is 4.63. The van der Waals surface area contributed by atoms with Crippen molar-refractivity contribution in [3.05, 3.63) is 47.3 Å². The zero-order chi connectivity index (χ0) is 28.2. The number of nitrogens with zero attached hydrogens (tertiary/aromatic N) is 6. The van der Waals surface area contributed by atoms with Crippen molar-refractivity contribution in [1.82, 2.24) is 29.7 Å². The first-order chi connectivity index (χ1) is 18.6. The van der Waals surface area contributed by atoms with Crippen LogP contribution in [0.2, 0.25) is 5.02 Å². The van der Waals surface area contributed by atoms with Gasteiger partial charge in [0.2, 0.25) is 5.88 Å². The van der Waals surface area contributed by atoms with Crippen LogP contribution in [0, 0.1) is 0 Å². The Morgan fingerprint density at radius 1 is 1.13 bits per heavy atom. The lowest BCUT2D eigenvalue weighted by Crippen LogP contribution is -2.33. The zero-order valence-corrected chi connectivity index (χ0v) is 24.4. The highest BCUT2D eigenvalue weighted by molar-refractivity contribution is 7.91. The zero-order valence-electron chi connectivity index (χ0n) is 22.8. The summed E-state index contributed by atoms with van der Waals surface area (Å²) in [5.41, 5.74) is 0.525. The molecule has 4 atom stereocenters. The van der Waals surface area contributed by atoms with Gasteiger partial charge in [0.05, 0.1) is 35.6 Å². The van der Waals surface area contributed by atoms with Gasteiger partial charge in [-0.1, -0.05) is 17.7 Å². The average molecular weight is 579 g/mol. The minimum atomic E-state index is -3.83. The summed E-state index contributed by atoms with van der Waals surface area (Å²) in [6.07, 6.45) is 4.46. The van der Waals surface area contributed by atoms with Gasteiger partial charge >= 0.3 is 0 Å². The molecule has 1 aliphatic rings. The molecular formula is C26H35ClN6O5S. The summed E-state index contributed by atoms with van der Waals surface area (Å²) in [6.45, 7) is 7.91. The predicted molar refractivity (Wildman–Crippen MR) is 146 cm³/mol. The molecule has 0 unspecified atom stereocenters. The number of ether oxygens (including phenoxy) is 3. The van der Waals surface area contributed by atoms with Gasteiger partial charge < -0.3 is 18.8 Å². The second-order valence-corrected chi connectivity index (χ2v) is 12.7. The Balaban J connectivity index is 1.72. The number of hydrogen-bond donors (Lipinski definition) is 0. The van der Waals surface area contributed by atoms with Crippen LogP contribution in [0.25, 0.3) is 11.5 Å². The minimum Gasteiger partial charge on any atom is -0.481 e. The topological polar surface area (TPSA) is 131 Å². The molecular weight excluding hydrogens is 544 g/mol. The van der Waals surface area contributed by atoms with E-state index in [0.717, 1.165) is 19.3 Å². The standard InChI is InChI=1S/C26H35ClN6O5S/c1-16(2)38-24(25-28-13-19(27)14-29-25)18(4)39(34,35)15-22-31-32-26(20-9-8-11-23(30-20)36-5)33(22)17(3)21-10-6-7-12-37-21/h8-9,11,13-14,16-18,21,24H,6-7,10,12,15H2,1-5H3/t17-,18+,21+,24+/m1/s1. The highest BCUT2D eigenvalue weighted by atomic mass is 35.5. The number of aromatic nitrogens is 6. The van der Waals surface area contributed by atoms with Crippen molar-refractivity contribution in [3.8, 4) is 17.4 Å². The maximum absolute atomic E-state index is 13.9. The lowest BCUT2D eigenvalue weighted by Gasteiger charge is -2.30. The Kier molecular flexibility index (Phi) is 9.52. The first-order valence-electron chi connectivity index (χ1n) is 13.0. The van der Waals surface area contributed by atoms with E-state index in [0.29, 0.717) is 34.9 Å². The maximum Gasteiger partial charge on any atom is 0.213 e. The van der Waals surface area contributed by atoms with E-state index in [4.69, 9.17) is 25.8 Å². The number of sulfone groups is 1. The van der Waals surface area contributed by atoms with E-state index in [1.165, 1.54) is 19.5 Å². The highest BCUT2D eigenvalue weighted by Gasteiger charge is 2.37. The van der Waals surface area contributed by atoms with Crippen LogP contribution in [0.5, 0.6) is 5.88 Å². The molecule has 3 aromatic rings. The molecule has 1 aliphatic heterocycles. The van der Waals surface area contributed by atoms with Crippen LogP contribution >= 0.6 is 11.6 Å². The van der Waals surface area contributed by atoms with Gasteiger partial charge in [-0.05, 0) is 53.0 Å². The van der Waals surface area contributed by atoms with E-state index >= 15 is 0 Å². The Morgan fingerprint density at radius 3 is 2.51 bits per heavy atom. The smallest absolute Gasteiger partial charge is 0.213 e. The van der Waals surface area contributed by atoms with Gasteiger partial charge in [-0.3, -0.25) is 0 Å². The van der Waals surface area contributed by atoms with E-state index in [1.807, 2.05) is 25.3 Å². The van der Waals surface area contributed by atoms with Crippen molar-refractivity contribution in [2.24, 2.45) is 0 Å². The summed E-state index contributed by atoms with van der Waals surface area (Å²) in [6, 6.07) is 5.10. The molecule has 0 spiro atoms.